The molecule has 1 aliphatic rings. The smallest absolute Gasteiger partial charge is 0.145 e. The summed E-state index contributed by atoms with van der Waals surface area (Å²) in [6, 6.07) is 3.89. The Morgan fingerprint density at radius 3 is 2.94 bits per heavy atom. The summed E-state index contributed by atoms with van der Waals surface area (Å²) in [4.78, 5) is 4.14. The van der Waals surface area contributed by atoms with Crippen molar-refractivity contribution in [3.63, 3.8) is 0 Å². The van der Waals surface area contributed by atoms with Gasteiger partial charge < -0.3 is 10.2 Å². The Balaban J connectivity index is 1.88. The van der Waals surface area contributed by atoms with Crippen LogP contribution in [-0.4, -0.2) is 11.1 Å². The van der Waals surface area contributed by atoms with Crippen LogP contribution in [0.5, 0.6) is 0 Å². The van der Waals surface area contributed by atoms with Crippen LogP contribution in [0.4, 0.5) is 5.82 Å². The summed E-state index contributed by atoms with van der Waals surface area (Å²) in [5.41, 5.74) is 3.62. The van der Waals surface area contributed by atoms with E-state index in [1.807, 2.05) is 12.1 Å². The van der Waals surface area contributed by atoms with Gasteiger partial charge in [-0.3, -0.25) is 0 Å². The minimum Gasteiger partial charge on any atom is -0.373 e. The van der Waals surface area contributed by atoms with E-state index in [-0.39, 0.29) is 0 Å². The number of nitrogens with two attached hydrogens (primary N) is 1. The van der Waals surface area contributed by atoms with Gasteiger partial charge in [-0.15, -0.1) is 0 Å². The molecule has 4 nitrogen and oxygen atoms in total. The molecule has 3 N–H and O–H groups in total. The minimum absolute atomic E-state index is 0.416. The first-order chi connectivity index (χ1) is 7.90. The van der Waals surface area contributed by atoms with Gasteiger partial charge in [-0.1, -0.05) is 25.3 Å². The summed E-state index contributed by atoms with van der Waals surface area (Å²) in [7, 11) is 0. The molecule has 2 rings (SSSR count). The first-order valence-corrected chi connectivity index (χ1v) is 5.92. The Kier molecular flexibility index (Phi) is 4.13. The van der Waals surface area contributed by atoms with Gasteiger partial charge in [0, 0.05) is 11.8 Å². The van der Waals surface area contributed by atoms with Crippen molar-refractivity contribution in [1.29, 1.82) is 0 Å². The van der Waals surface area contributed by atoms with Crippen LogP contribution in [0.2, 0.25) is 0 Å². The van der Waals surface area contributed by atoms with E-state index in [9.17, 15) is 0 Å². The van der Waals surface area contributed by atoms with Crippen molar-refractivity contribution in [3.05, 3.63) is 23.9 Å². The summed E-state index contributed by atoms with van der Waals surface area (Å²) in [5, 5.41) is 0. The molecule has 0 amide bonds. The van der Waals surface area contributed by atoms with Crippen LogP contribution in [0.25, 0.3) is 0 Å². The highest BCUT2D eigenvalue weighted by molar-refractivity contribution is 5.41. The zero-order chi connectivity index (χ0) is 11.2. The van der Waals surface area contributed by atoms with E-state index in [1.54, 1.807) is 6.20 Å². The highest BCUT2D eigenvalue weighted by Crippen LogP contribution is 2.22. The van der Waals surface area contributed by atoms with Crippen molar-refractivity contribution in [2.45, 2.75) is 44.8 Å². The van der Waals surface area contributed by atoms with Gasteiger partial charge in [0.25, 0.3) is 0 Å². The van der Waals surface area contributed by atoms with E-state index in [0.717, 1.165) is 5.56 Å². The van der Waals surface area contributed by atoms with Gasteiger partial charge in [0.2, 0.25) is 0 Å². The highest BCUT2D eigenvalue weighted by atomic mass is 16.5. The summed E-state index contributed by atoms with van der Waals surface area (Å²) in [5.74, 6) is 6.10. The number of pyridine rings is 1. The molecule has 16 heavy (non-hydrogen) atoms. The van der Waals surface area contributed by atoms with Gasteiger partial charge in [0.1, 0.15) is 5.82 Å². The second-order valence-corrected chi connectivity index (χ2v) is 4.23. The number of anilines is 1. The number of hydrogen-bond donors (Lipinski definition) is 2. The molecule has 88 valence electrons. The molecule has 1 aromatic heterocycles. The molecule has 1 aromatic rings. The second kappa shape index (κ2) is 5.82. The molecular weight excluding hydrogens is 202 g/mol. The van der Waals surface area contributed by atoms with Crippen molar-refractivity contribution in [2.75, 3.05) is 5.43 Å². The summed E-state index contributed by atoms with van der Waals surface area (Å²) in [6.07, 6.45) is 8.44. The summed E-state index contributed by atoms with van der Waals surface area (Å²) < 4.78 is 5.88. The number of nitrogens with zero attached hydrogens (tertiary/aromatic N) is 1. The average molecular weight is 221 g/mol. The van der Waals surface area contributed by atoms with E-state index in [2.05, 4.69) is 10.4 Å². The predicted molar refractivity (Wildman–Crippen MR) is 63.7 cm³/mol. The van der Waals surface area contributed by atoms with E-state index in [4.69, 9.17) is 10.6 Å². The fraction of sp³-hybridized carbons (Fsp3) is 0.583. The van der Waals surface area contributed by atoms with Gasteiger partial charge >= 0.3 is 0 Å². The molecule has 0 spiro atoms. The fourth-order valence-electron chi connectivity index (χ4n) is 2.12. The third kappa shape index (κ3) is 2.93. The number of nitrogen functional groups attached to an aromatic ring is 1. The molecule has 1 heterocycles. The molecule has 4 heteroatoms. The summed E-state index contributed by atoms with van der Waals surface area (Å²) in [6.45, 7) is 0.595. The number of nitrogens with one attached hydrogen (secondary N) is 1. The van der Waals surface area contributed by atoms with Gasteiger partial charge in [-0.2, -0.15) is 0 Å². The first-order valence-electron chi connectivity index (χ1n) is 5.92. The lowest BCUT2D eigenvalue weighted by molar-refractivity contribution is 0.0170. The topological polar surface area (TPSA) is 60.2 Å². The molecule has 1 saturated carbocycles. The Bertz CT molecular complexity index is 324. The van der Waals surface area contributed by atoms with E-state index in [0.29, 0.717) is 18.5 Å². The standard InChI is InChI=1S/C12H19N3O/c13-15-12-10(5-4-8-14-12)9-16-11-6-2-1-3-7-11/h4-5,8,11H,1-3,6-7,9,13H2,(H,14,15). The molecule has 1 fully saturated rings. The van der Waals surface area contributed by atoms with Crippen molar-refractivity contribution in [3.8, 4) is 0 Å². The molecule has 0 unspecified atom stereocenters. The minimum atomic E-state index is 0.416. The van der Waals surface area contributed by atoms with Crippen LogP contribution in [-0.2, 0) is 11.3 Å². The molecular formula is C12H19N3O. The largest absolute Gasteiger partial charge is 0.373 e. The Morgan fingerprint density at radius 2 is 2.19 bits per heavy atom. The summed E-state index contributed by atoms with van der Waals surface area (Å²) >= 11 is 0. The third-order valence-corrected chi connectivity index (χ3v) is 3.05. The molecule has 1 aliphatic carbocycles. The van der Waals surface area contributed by atoms with Crippen LogP contribution in [0.1, 0.15) is 37.7 Å². The van der Waals surface area contributed by atoms with E-state index < -0.39 is 0 Å². The maximum absolute atomic E-state index is 5.88. The zero-order valence-corrected chi connectivity index (χ0v) is 9.48. The maximum Gasteiger partial charge on any atom is 0.145 e. The first kappa shape index (κ1) is 11.4. The number of rotatable bonds is 4. The number of hydrazine groups is 1. The molecule has 0 saturated heterocycles. The SMILES string of the molecule is NNc1ncccc1COC1CCCCC1. The molecule has 0 radical (unpaired) electrons. The Hall–Kier alpha value is -1.13. The zero-order valence-electron chi connectivity index (χ0n) is 9.48. The molecule has 0 bridgehead atoms. The van der Waals surface area contributed by atoms with Gasteiger partial charge in [-0.05, 0) is 18.9 Å². The maximum atomic E-state index is 5.88. The lowest BCUT2D eigenvalue weighted by Gasteiger charge is -2.22. The van der Waals surface area contributed by atoms with Gasteiger partial charge in [-0.25, -0.2) is 10.8 Å². The average Bonchev–Trinajstić information content (AvgIpc) is 2.38. The second-order valence-electron chi connectivity index (χ2n) is 4.23. The third-order valence-electron chi connectivity index (χ3n) is 3.05. The van der Waals surface area contributed by atoms with Crippen molar-refractivity contribution in [1.82, 2.24) is 4.98 Å². The number of hydrogen-bond acceptors (Lipinski definition) is 4. The van der Waals surface area contributed by atoms with E-state index >= 15 is 0 Å². The lowest BCUT2D eigenvalue weighted by Crippen LogP contribution is -2.17. The van der Waals surface area contributed by atoms with Crippen LogP contribution in [0.3, 0.4) is 0 Å². The Morgan fingerprint density at radius 1 is 1.38 bits per heavy atom. The van der Waals surface area contributed by atoms with Gasteiger partial charge in [0.15, 0.2) is 0 Å². The Labute approximate surface area is 96.2 Å². The van der Waals surface area contributed by atoms with Crippen LogP contribution >= 0.6 is 0 Å². The fourth-order valence-corrected chi connectivity index (χ4v) is 2.12. The van der Waals surface area contributed by atoms with Gasteiger partial charge in [0.05, 0.1) is 12.7 Å². The van der Waals surface area contributed by atoms with Crippen molar-refractivity contribution >= 4 is 5.82 Å². The van der Waals surface area contributed by atoms with Crippen LogP contribution in [0.15, 0.2) is 18.3 Å². The molecule has 0 aliphatic heterocycles. The molecule has 0 atom stereocenters. The van der Waals surface area contributed by atoms with Crippen molar-refractivity contribution < 1.29 is 4.74 Å². The normalized spacial score (nSPS) is 17.3. The highest BCUT2D eigenvalue weighted by Gasteiger charge is 2.14. The predicted octanol–water partition coefficient (Wildman–Crippen LogP) is 2.22. The van der Waals surface area contributed by atoms with E-state index in [1.165, 1.54) is 32.1 Å². The quantitative estimate of drug-likeness (QED) is 0.604. The lowest BCUT2D eigenvalue weighted by atomic mass is 9.98. The monoisotopic (exact) mass is 221 g/mol. The van der Waals surface area contributed by atoms with Crippen LogP contribution in [0, 0.1) is 0 Å². The molecule has 0 aromatic carbocycles. The number of aromatic nitrogens is 1. The number of ether oxygens (including phenoxy) is 1. The van der Waals surface area contributed by atoms with Crippen LogP contribution < -0.4 is 11.3 Å². The van der Waals surface area contributed by atoms with Crippen molar-refractivity contribution in [2.24, 2.45) is 5.84 Å².